The third-order valence-corrected chi connectivity index (χ3v) is 4.57. The standard InChI is InChI=1S/C17H16ClN3O5/c18-14-10-12(21(24)25)3-4-13(14)16(22)19-11-5-7-20(8-6-11)17(23)15-2-1-9-26-15/h1-4,9-11H,5-8H2,(H,19,22). The van der Waals surface area contributed by atoms with Gasteiger partial charge in [0.05, 0.1) is 21.8 Å². The van der Waals surface area contributed by atoms with Crippen LogP contribution in [-0.2, 0) is 0 Å². The Labute approximate surface area is 153 Å². The molecule has 1 N–H and O–H groups in total. The van der Waals surface area contributed by atoms with Gasteiger partial charge in [-0.15, -0.1) is 0 Å². The topological polar surface area (TPSA) is 106 Å². The molecule has 0 aliphatic carbocycles. The van der Waals surface area contributed by atoms with Crippen molar-refractivity contribution in [2.75, 3.05) is 13.1 Å². The Kier molecular flexibility index (Phi) is 5.22. The molecule has 1 saturated heterocycles. The van der Waals surface area contributed by atoms with Gasteiger partial charge in [0.15, 0.2) is 5.76 Å². The van der Waals surface area contributed by atoms with Gasteiger partial charge in [-0.3, -0.25) is 19.7 Å². The maximum absolute atomic E-state index is 12.4. The van der Waals surface area contributed by atoms with Gasteiger partial charge in [0.2, 0.25) is 0 Å². The van der Waals surface area contributed by atoms with E-state index in [0.29, 0.717) is 31.7 Å². The minimum absolute atomic E-state index is 0.0298. The van der Waals surface area contributed by atoms with Crippen molar-refractivity contribution < 1.29 is 18.9 Å². The minimum Gasteiger partial charge on any atom is -0.459 e. The van der Waals surface area contributed by atoms with Gasteiger partial charge in [-0.05, 0) is 31.0 Å². The number of benzene rings is 1. The average molecular weight is 378 g/mol. The van der Waals surface area contributed by atoms with Gasteiger partial charge >= 0.3 is 0 Å². The molecule has 26 heavy (non-hydrogen) atoms. The Hall–Kier alpha value is -2.87. The van der Waals surface area contributed by atoms with Gasteiger partial charge in [0, 0.05) is 31.3 Å². The summed E-state index contributed by atoms with van der Waals surface area (Å²) in [6.45, 7) is 0.997. The summed E-state index contributed by atoms with van der Waals surface area (Å²) >= 11 is 5.98. The fraction of sp³-hybridized carbons (Fsp3) is 0.294. The molecule has 3 rings (SSSR count). The molecule has 1 aromatic heterocycles. The van der Waals surface area contributed by atoms with Crippen LogP contribution in [-0.4, -0.2) is 40.8 Å². The number of piperidine rings is 1. The van der Waals surface area contributed by atoms with Crippen LogP contribution in [0.15, 0.2) is 41.0 Å². The molecule has 0 unspecified atom stereocenters. The fourth-order valence-electron chi connectivity index (χ4n) is 2.85. The highest BCUT2D eigenvalue weighted by Crippen LogP contribution is 2.23. The monoisotopic (exact) mass is 377 g/mol. The second kappa shape index (κ2) is 7.57. The van der Waals surface area contributed by atoms with Crippen LogP contribution in [0.5, 0.6) is 0 Å². The third kappa shape index (κ3) is 3.85. The van der Waals surface area contributed by atoms with Crippen molar-refractivity contribution in [1.82, 2.24) is 10.2 Å². The first kappa shape index (κ1) is 17.9. The lowest BCUT2D eigenvalue weighted by Gasteiger charge is -2.31. The number of carbonyl (C=O) groups excluding carboxylic acids is 2. The van der Waals surface area contributed by atoms with Gasteiger partial charge in [-0.25, -0.2) is 0 Å². The number of nitrogens with zero attached hydrogens (tertiary/aromatic N) is 2. The molecule has 1 aliphatic heterocycles. The molecule has 2 heterocycles. The Morgan fingerprint density at radius 1 is 1.27 bits per heavy atom. The molecule has 8 nitrogen and oxygen atoms in total. The number of non-ortho nitro benzene ring substituents is 1. The number of halogens is 1. The first-order valence-electron chi connectivity index (χ1n) is 8.03. The minimum atomic E-state index is -0.570. The van der Waals surface area contributed by atoms with E-state index < -0.39 is 4.92 Å². The smallest absolute Gasteiger partial charge is 0.289 e. The molecule has 9 heteroatoms. The summed E-state index contributed by atoms with van der Waals surface area (Å²) in [6, 6.07) is 6.91. The summed E-state index contributed by atoms with van der Waals surface area (Å²) in [5, 5.41) is 13.6. The molecule has 0 saturated carbocycles. The van der Waals surface area contributed by atoms with E-state index in [1.807, 2.05) is 0 Å². The number of nitrogens with one attached hydrogen (secondary N) is 1. The zero-order valence-electron chi connectivity index (χ0n) is 13.7. The van der Waals surface area contributed by atoms with Crippen molar-refractivity contribution in [2.24, 2.45) is 0 Å². The highest BCUT2D eigenvalue weighted by atomic mass is 35.5. The van der Waals surface area contributed by atoms with Crippen molar-refractivity contribution in [3.63, 3.8) is 0 Å². The fourth-order valence-corrected chi connectivity index (χ4v) is 3.11. The van der Waals surface area contributed by atoms with Crippen LogP contribution in [0.25, 0.3) is 0 Å². The zero-order chi connectivity index (χ0) is 18.7. The summed E-state index contributed by atoms with van der Waals surface area (Å²) in [4.78, 5) is 36.4. The average Bonchev–Trinajstić information content (AvgIpc) is 3.16. The van der Waals surface area contributed by atoms with Gasteiger partial charge in [-0.2, -0.15) is 0 Å². The number of hydrogen-bond donors (Lipinski definition) is 1. The van der Waals surface area contributed by atoms with Crippen molar-refractivity contribution in [2.45, 2.75) is 18.9 Å². The Balaban J connectivity index is 1.57. The molecular formula is C17H16ClN3O5. The molecule has 0 atom stereocenters. The van der Waals surface area contributed by atoms with Crippen LogP contribution in [0.3, 0.4) is 0 Å². The molecule has 136 valence electrons. The van der Waals surface area contributed by atoms with Crippen LogP contribution in [0.4, 0.5) is 5.69 Å². The largest absolute Gasteiger partial charge is 0.459 e. The Morgan fingerprint density at radius 3 is 2.58 bits per heavy atom. The Bertz CT molecular complexity index is 829. The summed E-state index contributed by atoms with van der Waals surface area (Å²) in [7, 11) is 0. The number of nitro groups is 1. The van der Waals surface area contributed by atoms with Crippen LogP contribution in [0.2, 0.25) is 5.02 Å². The predicted octanol–water partition coefficient (Wildman–Crippen LogP) is 2.88. The second-order valence-electron chi connectivity index (χ2n) is 5.94. The Morgan fingerprint density at radius 2 is 2.00 bits per heavy atom. The number of nitro benzene ring substituents is 1. The molecule has 0 spiro atoms. The van der Waals surface area contributed by atoms with Crippen molar-refractivity contribution in [3.05, 3.63) is 63.1 Å². The van der Waals surface area contributed by atoms with E-state index in [4.69, 9.17) is 16.0 Å². The summed E-state index contributed by atoms with van der Waals surface area (Å²) in [5.74, 6) is -0.260. The molecular weight excluding hydrogens is 362 g/mol. The highest BCUT2D eigenvalue weighted by molar-refractivity contribution is 6.34. The van der Waals surface area contributed by atoms with Gasteiger partial charge in [-0.1, -0.05) is 11.6 Å². The van der Waals surface area contributed by atoms with Gasteiger partial charge in [0.25, 0.3) is 17.5 Å². The van der Waals surface area contributed by atoms with Crippen molar-refractivity contribution in [1.29, 1.82) is 0 Å². The molecule has 1 aromatic carbocycles. The van der Waals surface area contributed by atoms with Crippen molar-refractivity contribution in [3.8, 4) is 0 Å². The van der Waals surface area contributed by atoms with E-state index in [1.54, 1.807) is 17.0 Å². The van der Waals surface area contributed by atoms with Crippen molar-refractivity contribution >= 4 is 29.1 Å². The lowest BCUT2D eigenvalue weighted by molar-refractivity contribution is -0.384. The normalized spacial score (nSPS) is 14.9. The van der Waals surface area contributed by atoms with Crippen LogP contribution in [0, 0.1) is 10.1 Å². The SMILES string of the molecule is O=C(NC1CCN(C(=O)c2ccco2)CC1)c1ccc([N+](=O)[O-])cc1Cl. The summed E-state index contributed by atoms with van der Waals surface area (Å²) < 4.78 is 5.11. The molecule has 1 fully saturated rings. The number of carbonyl (C=O) groups is 2. The maximum atomic E-state index is 12.4. The van der Waals surface area contributed by atoms with E-state index in [9.17, 15) is 19.7 Å². The molecule has 2 amide bonds. The number of amides is 2. The summed E-state index contributed by atoms with van der Waals surface area (Å²) in [5.41, 5.74) is 0.0163. The van der Waals surface area contributed by atoms with Crippen LogP contribution >= 0.6 is 11.6 Å². The molecule has 1 aliphatic rings. The highest BCUT2D eigenvalue weighted by Gasteiger charge is 2.26. The van der Waals surface area contributed by atoms with E-state index in [-0.39, 0.29) is 34.1 Å². The van der Waals surface area contributed by atoms with E-state index in [1.165, 1.54) is 18.4 Å². The molecule has 2 aromatic rings. The first-order valence-corrected chi connectivity index (χ1v) is 8.41. The van der Waals surface area contributed by atoms with E-state index in [2.05, 4.69) is 5.32 Å². The number of likely N-dealkylation sites (tertiary alicyclic amines) is 1. The van der Waals surface area contributed by atoms with E-state index >= 15 is 0 Å². The number of rotatable bonds is 4. The third-order valence-electron chi connectivity index (χ3n) is 4.26. The lowest BCUT2D eigenvalue weighted by atomic mass is 10.0. The molecule has 0 bridgehead atoms. The first-order chi connectivity index (χ1) is 12.5. The predicted molar refractivity (Wildman–Crippen MR) is 93.2 cm³/mol. The van der Waals surface area contributed by atoms with E-state index in [0.717, 1.165) is 6.07 Å². The maximum Gasteiger partial charge on any atom is 0.289 e. The summed E-state index contributed by atoms with van der Waals surface area (Å²) in [6.07, 6.45) is 2.65. The quantitative estimate of drug-likeness (QED) is 0.651. The lowest BCUT2D eigenvalue weighted by Crippen LogP contribution is -2.46. The van der Waals surface area contributed by atoms with Crippen LogP contribution < -0.4 is 5.32 Å². The second-order valence-corrected chi connectivity index (χ2v) is 6.35. The van der Waals surface area contributed by atoms with Crippen LogP contribution in [0.1, 0.15) is 33.8 Å². The molecule has 0 radical (unpaired) electrons. The number of furan rings is 1. The van der Waals surface area contributed by atoms with Gasteiger partial charge < -0.3 is 14.6 Å². The van der Waals surface area contributed by atoms with Gasteiger partial charge in [0.1, 0.15) is 0 Å². The number of hydrogen-bond acceptors (Lipinski definition) is 5. The zero-order valence-corrected chi connectivity index (χ0v) is 14.4.